The van der Waals surface area contributed by atoms with Gasteiger partial charge in [-0.25, -0.2) is 0 Å². The van der Waals surface area contributed by atoms with E-state index in [2.05, 4.69) is 26.1 Å². The summed E-state index contributed by atoms with van der Waals surface area (Å²) in [5, 5.41) is 3.28. The molecule has 3 rings (SSSR count). The summed E-state index contributed by atoms with van der Waals surface area (Å²) in [6.45, 7) is 9.98. The van der Waals surface area contributed by atoms with Crippen molar-refractivity contribution in [2.24, 2.45) is 16.7 Å². The zero-order valence-corrected chi connectivity index (χ0v) is 22.1. The maximum Gasteiger partial charge on any atom is 0.392 e. The minimum absolute atomic E-state index is 0.0162. The number of anilines is 1. The Morgan fingerprint density at radius 1 is 1.06 bits per heavy atom. The molecule has 35 heavy (non-hydrogen) atoms. The Morgan fingerprint density at radius 2 is 1.63 bits per heavy atom. The third kappa shape index (κ3) is 5.98. The normalized spacial score (nSPS) is 18.0. The molecule has 8 heteroatoms. The number of ether oxygens (including phenoxy) is 1. The highest BCUT2D eigenvalue weighted by molar-refractivity contribution is 6.33. The molecule has 1 amide bonds. The molecule has 1 saturated carbocycles. The molecule has 0 heterocycles. The van der Waals surface area contributed by atoms with Gasteiger partial charge < -0.3 is 10.1 Å². The Morgan fingerprint density at radius 3 is 2.11 bits per heavy atom. The average Bonchev–Trinajstić information content (AvgIpc) is 3.56. The van der Waals surface area contributed by atoms with Crippen LogP contribution in [0, 0.1) is 16.7 Å². The van der Waals surface area contributed by atoms with Crippen molar-refractivity contribution in [3.8, 4) is 0 Å². The lowest BCUT2D eigenvalue weighted by Crippen LogP contribution is -2.34. The summed E-state index contributed by atoms with van der Waals surface area (Å²) < 4.78 is 47.3. The van der Waals surface area contributed by atoms with Crippen molar-refractivity contribution in [1.29, 1.82) is 0 Å². The van der Waals surface area contributed by atoms with Crippen molar-refractivity contribution in [2.75, 3.05) is 11.9 Å². The highest BCUT2D eigenvalue weighted by atomic mass is 35.5. The van der Waals surface area contributed by atoms with Gasteiger partial charge in [0.1, 0.15) is 0 Å². The van der Waals surface area contributed by atoms with Crippen LogP contribution in [0.15, 0.2) is 42.5 Å². The van der Waals surface area contributed by atoms with E-state index in [-0.39, 0.29) is 33.2 Å². The first-order valence-electron chi connectivity index (χ1n) is 11.8. The highest BCUT2D eigenvalue weighted by Gasteiger charge is 2.58. The number of rotatable bonds is 8. The average molecular weight is 530 g/mol. The zero-order chi connectivity index (χ0) is 26.2. The molecule has 3 atom stereocenters. The van der Waals surface area contributed by atoms with Crippen molar-refractivity contribution in [1.82, 2.24) is 0 Å². The smallest absolute Gasteiger partial charge is 0.373 e. The van der Waals surface area contributed by atoms with Crippen LogP contribution in [-0.4, -0.2) is 18.7 Å². The molecule has 3 nitrogen and oxygen atoms in total. The third-order valence-corrected chi connectivity index (χ3v) is 7.78. The van der Waals surface area contributed by atoms with Crippen LogP contribution in [0.5, 0.6) is 0 Å². The van der Waals surface area contributed by atoms with E-state index in [0.717, 1.165) is 25.3 Å². The van der Waals surface area contributed by atoms with Crippen LogP contribution in [0.1, 0.15) is 70.6 Å². The summed E-state index contributed by atoms with van der Waals surface area (Å²) in [5.74, 6) is -4.18. The van der Waals surface area contributed by atoms with Gasteiger partial charge in [-0.15, -0.1) is 0 Å². The van der Waals surface area contributed by atoms with Crippen LogP contribution >= 0.6 is 23.2 Å². The first-order valence-corrected chi connectivity index (χ1v) is 12.5. The fourth-order valence-electron chi connectivity index (χ4n) is 4.82. The lowest BCUT2D eigenvalue weighted by molar-refractivity contribution is -0.178. The van der Waals surface area contributed by atoms with Gasteiger partial charge in [0.05, 0.1) is 28.6 Å². The van der Waals surface area contributed by atoms with Gasteiger partial charge in [0.25, 0.3) is 0 Å². The Hall–Kier alpha value is -1.76. The molecular weight excluding hydrogens is 498 g/mol. The number of carbonyl (C=O) groups excluding carboxylic acids is 1. The minimum Gasteiger partial charge on any atom is -0.373 e. The number of benzene rings is 2. The molecular formula is C27H32Cl2F3NO2. The molecule has 2 aromatic rings. The molecule has 0 aromatic heterocycles. The maximum atomic E-state index is 13.7. The summed E-state index contributed by atoms with van der Waals surface area (Å²) in [5.41, 5.74) is 1.25. The van der Waals surface area contributed by atoms with E-state index < -0.39 is 23.9 Å². The van der Waals surface area contributed by atoms with Crippen LogP contribution < -0.4 is 5.32 Å². The fourth-order valence-corrected chi connectivity index (χ4v) is 5.11. The predicted molar refractivity (Wildman–Crippen MR) is 135 cm³/mol. The van der Waals surface area contributed by atoms with Gasteiger partial charge in [-0.3, -0.25) is 4.79 Å². The van der Waals surface area contributed by atoms with Gasteiger partial charge in [0.15, 0.2) is 0 Å². The lowest BCUT2D eigenvalue weighted by atomic mass is 9.72. The van der Waals surface area contributed by atoms with Gasteiger partial charge >= 0.3 is 6.18 Å². The van der Waals surface area contributed by atoms with E-state index in [1.807, 2.05) is 13.0 Å². The maximum absolute atomic E-state index is 13.7. The van der Waals surface area contributed by atoms with Gasteiger partial charge in [0.2, 0.25) is 5.91 Å². The number of nitrogens with one attached hydrogen (secondary N) is 1. The molecule has 1 unspecified atom stereocenters. The molecule has 1 aliphatic rings. The molecule has 0 bridgehead atoms. The van der Waals surface area contributed by atoms with Crippen LogP contribution in [0.2, 0.25) is 10.0 Å². The molecule has 0 aliphatic heterocycles. The van der Waals surface area contributed by atoms with Crippen molar-refractivity contribution >= 4 is 34.8 Å². The van der Waals surface area contributed by atoms with Crippen molar-refractivity contribution in [3.05, 3.63) is 63.6 Å². The fraction of sp³-hybridized carbons (Fsp3) is 0.519. The Labute approximate surface area is 215 Å². The second kappa shape index (κ2) is 10.3. The first kappa shape index (κ1) is 27.8. The number of hydrogen-bond acceptors (Lipinski definition) is 2. The molecule has 1 aliphatic carbocycles. The van der Waals surface area contributed by atoms with Gasteiger partial charge in [-0.1, -0.05) is 69.1 Å². The summed E-state index contributed by atoms with van der Waals surface area (Å²) in [6, 6.07) is 11.1. The number of hydrogen-bond donors (Lipinski definition) is 1. The van der Waals surface area contributed by atoms with Crippen LogP contribution in [0.3, 0.4) is 0 Å². The molecule has 2 aromatic carbocycles. The van der Waals surface area contributed by atoms with Crippen molar-refractivity contribution in [2.45, 2.75) is 65.7 Å². The largest absolute Gasteiger partial charge is 0.392 e. The van der Waals surface area contributed by atoms with E-state index in [9.17, 15) is 18.0 Å². The highest BCUT2D eigenvalue weighted by Crippen LogP contribution is 2.66. The van der Waals surface area contributed by atoms with E-state index in [1.54, 1.807) is 12.1 Å². The molecule has 0 radical (unpaired) electrons. The van der Waals surface area contributed by atoms with Gasteiger partial charge in [-0.2, -0.15) is 13.2 Å². The second-order valence-electron chi connectivity index (χ2n) is 10.3. The molecule has 0 saturated heterocycles. The summed E-state index contributed by atoms with van der Waals surface area (Å²) in [4.78, 5) is 13.3. The Kier molecular flexibility index (Phi) is 8.20. The Bertz CT molecular complexity index is 1040. The lowest BCUT2D eigenvalue weighted by Gasteiger charge is -2.38. The summed E-state index contributed by atoms with van der Waals surface area (Å²) in [7, 11) is 0. The van der Waals surface area contributed by atoms with Crippen LogP contribution in [-0.2, 0) is 9.53 Å². The number of amides is 1. The van der Waals surface area contributed by atoms with Crippen LogP contribution in [0.25, 0.3) is 0 Å². The second-order valence-corrected chi connectivity index (χ2v) is 11.2. The quantitative estimate of drug-likeness (QED) is 0.370. The monoisotopic (exact) mass is 529 g/mol. The van der Waals surface area contributed by atoms with Crippen molar-refractivity contribution in [3.63, 3.8) is 0 Å². The van der Waals surface area contributed by atoms with Crippen molar-refractivity contribution < 1.29 is 22.7 Å². The van der Waals surface area contributed by atoms with E-state index in [1.165, 1.54) is 24.3 Å². The van der Waals surface area contributed by atoms with Gasteiger partial charge in [-0.05, 0) is 60.6 Å². The first-order chi connectivity index (χ1) is 16.2. The minimum atomic E-state index is -4.57. The summed E-state index contributed by atoms with van der Waals surface area (Å²) >= 11 is 12.3. The van der Waals surface area contributed by atoms with E-state index in [0.29, 0.717) is 11.6 Å². The van der Waals surface area contributed by atoms with E-state index >= 15 is 0 Å². The topological polar surface area (TPSA) is 38.3 Å². The summed E-state index contributed by atoms with van der Waals surface area (Å²) in [6.07, 6.45) is -2.78. The standard InChI is InChI=1S/C27H32Cl2F3NO2/c1-6-35-23(26(13-14-26)25(3,4)5)18-9-12-20(29)21(15-18)33-24(34)22(16(2)27(30,31)32)17-7-10-19(28)11-8-17/h7-12,15-16,22-23H,6,13-14H2,1-5H3,(H,33,34)/t16-,22+,23?/m1/s1. The zero-order valence-electron chi connectivity index (χ0n) is 20.6. The number of halogens is 5. The molecule has 1 N–H and O–H groups in total. The molecule has 1 fully saturated rings. The third-order valence-electron chi connectivity index (χ3n) is 7.20. The van der Waals surface area contributed by atoms with Gasteiger partial charge in [0, 0.05) is 17.0 Å². The molecule has 0 spiro atoms. The SMILES string of the molecule is CCOC(c1ccc(Cl)c(NC(=O)[C@H](c2ccc(Cl)cc2)[C@@H](C)C(F)(F)F)c1)C1(C(C)(C)C)CC1. The number of alkyl halides is 3. The Balaban J connectivity index is 1.96. The molecule has 192 valence electrons. The van der Waals surface area contributed by atoms with E-state index in [4.69, 9.17) is 27.9 Å². The predicted octanol–water partition coefficient (Wildman–Crippen LogP) is 8.82. The van der Waals surface area contributed by atoms with Crippen LogP contribution in [0.4, 0.5) is 18.9 Å². The number of carbonyl (C=O) groups is 1.